The highest BCUT2D eigenvalue weighted by Crippen LogP contribution is 2.18. The van der Waals surface area contributed by atoms with Gasteiger partial charge in [-0.2, -0.15) is 0 Å². The number of ketones is 1. The first-order chi connectivity index (χ1) is 10.0. The number of aryl methyl sites for hydroxylation is 1. The lowest BCUT2D eigenvalue weighted by molar-refractivity contribution is -0.124. The Hall–Kier alpha value is -2.49. The summed E-state index contributed by atoms with van der Waals surface area (Å²) in [6.07, 6.45) is 0.257. The van der Waals surface area contributed by atoms with Gasteiger partial charge in [0, 0.05) is 11.3 Å². The SMILES string of the molecule is CC(=O)CNC(=O)Cc1cccc(-c2cccc(C)n2)c1. The molecule has 0 radical (unpaired) electrons. The molecule has 1 aromatic carbocycles. The molecular weight excluding hydrogens is 264 g/mol. The molecule has 0 bridgehead atoms. The Morgan fingerprint density at radius 2 is 1.90 bits per heavy atom. The van der Waals surface area contributed by atoms with Gasteiger partial charge in [0.1, 0.15) is 5.78 Å². The summed E-state index contributed by atoms with van der Waals surface area (Å²) in [6, 6.07) is 13.6. The molecule has 2 aromatic rings. The van der Waals surface area contributed by atoms with E-state index >= 15 is 0 Å². The Bertz CT molecular complexity index is 665. The summed E-state index contributed by atoms with van der Waals surface area (Å²) in [5.74, 6) is -0.208. The predicted octanol–water partition coefficient (Wildman–Crippen LogP) is 2.30. The number of benzene rings is 1. The van der Waals surface area contributed by atoms with Gasteiger partial charge in [-0.3, -0.25) is 14.6 Å². The van der Waals surface area contributed by atoms with Crippen LogP contribution < -0.4 is 5.32 Å². The van der Waals surface area contributed by atoms with Gasteiger partial charge in [-0.25, -0.2) is 0 Å². The number of hydrogen-bond donors (Lipinski definition) is 1. The van der Waals surface area contributed by atoms with Gasteiger partial charge in [0.2, 0.25) is 5.91 Å². The van der Waals surface area contributed by atoms with Crippen LogP contribution in [0.3, 0.4) is 0 Å². The molecule has 0 saturated heterocycles. The number of nitrogens with zero attached hydrogens (tertiary/aromatic N) is 1. The molecule has 0 aliphatic rings. The van der Waals surface area contributed by atoms with Crippen molar-refractivity contribution in [3.05, 3.63) is 53.7 Å². The molecule has 0 aliphatic heterocycles. The summed E-state index contributed by atoms with van der Waals surface area (Å²) >= 11 is 0. The van der Waals surface area contributed by atoms with Crippen LogP contribution in [0.4, 0.5) is 0 Å². The fourth-order valence-corrected chi connectivity index (χ4v) is 2.02. The zero-order chi connectivity index (χ0) is 15.2. The minimum absolute atomic E-state index is 0.0546. The number of rotatable bonds is 5. The Morgan fingerprint density at radius 3 is 2.62 bits per heavy atom. The molecule has 1 heterocycles. The molecule has 4 nitrogen and oxygen atoms in total. The van der Waals surface area contributed by atoms with Gasteiger partial charge in [0.05, 0.1) is 18.7 Å². The fraction of sp³-hybridized carbons (Fsp3) is 0.235. The highest BCUT2D eigenvalue weighted by Gasteiger charge is 2.06. The van der Waals surface area contributed by atoms with Crippen molar-refractivity contribution in [2.24, 2.45) is 0 Å². The molecule has 0 aliphatic carbocycles. The lowest BCUT2D eigenvalue weighted by atomic mass is 10.0. The summed E-state index contributed by atoms with van der Waals surface area (Å²) in [4.78, 5) is 27.1. The second-order valence-corrected chi connectivity index (χ2v) is 5.02. The maximum atomic E-state index is 11.7. The Balaban J connectivity index is 2.11. The van der Waals surface area contributed by atoms with Gasteiger partial charge >= 0.3 is 0 Å². The van der Waals surface area contributed by atoms with Gasteiger partial charge < -0.3 is 5.32 Å². The van der Waals surface area contributed by atoms with Gasteiger partial charge in [0.25, 0.3) is 0 Å². The summed E-state index contributed by atoms with van der Waals surface area (Å²) in [5.41, 5.74) is 3.73. The van der Waals surface area contributed by atoms with Crippen LogP contribution in [0.5, 0.6) is 0 Å². The lowest BCUT2D eigenvalue weighted by Gasteiger charge is -2.06. The largest absolute Gasteiger partial charge is 0.349 e. The number of pyridine rings is 1. The summed E-state index contributed by atoms with van der Waals surface area (Å²) < 4.78 is 0. The Labute approximate surface area is 124 Å². The second kappa shape index (κ2) is 6.79. The van der Waals surface area contributed by atoms with Crippen LogP contribution in [0, 0.1) is 6.92 Å². The smallest absolute Gasteiger partial charge is 0.224 e. The average Bonchev–Trinajstić information content (AvgIpc) is 2.45. The number of carbonyl (C=O) groups excluding carboxylic acids is 2. The van der Waals surface area contributed by atoms with Crippen LogP contribution in [0.2, 0.25) is 0 Å². The number of aromatic nitrogens is 1. The van der Waals surface area contributed by atoms with Crippen molar-refractivity contribution in [2.45, 2.75) is 20.3 Å². The minimum Gasteiger partial charge on any atom is -0.349 e. The molecule has 1 N–H and O–H groups in total. The maximum Gasteiger partial charge on any atom is 0.224 e. The Morgan fingerprint density at radius 1 is 1.14 bits per heavy atom. The van der Waals surface area contributed by atoms with Crippen molar-refractivity contribution in [3.8, 4) is 11.3 Å². The molecule has 108 valence electrons. The van der Waals surface area contributed by atoms with Crippen LogP contribution in [0.15, 0.2) is 42.5 Å². The normalized spacial score (nSPS) is 10.2. The average molecular weight is 282 g/mol. The molecule has 0 spiro atoms. The summed E-state index contributed by atoms with van der Waals surface area (Å²) in [5, 5.41) is 2.59. The van der Waals surface area contributed by atoms with Gasteiger partial charge in [-0.15, -0.1) is 0 Å². The Kier molecular flexibility index (Phi) is 4.82. The third-order valence-electron chi connectivity index (χ3n) is 3.01. The van der Waals surface area contributed by atoms with E-state index in [1.165, 1.54) is 6.92 Å². The van der Waals surface area contributed by atoms with E-state index in [1.54, 1.807) is 0 Å². The molecule has 0 fully saturated rings. The number of hydrogen-bond acceptors (Lipinski definition) is 3. The third kappa shape index (κ3) is 4.53. The molecule has 1 aromatic heterocycles. The van der Waals surface area contributed by atoms with Gasteiger partial charge in [0.15, 0.2) is 0 Å². The second-order valence-electron chi connectivity index (χ2n) is 5.02. The highest BCUT2D eigenvalue weighted by molar-refractivity contribution is 5.85. The first kappa shape index (κ1) is 14.9. The molecule has 21 heavy (non-hydrogen) atoms. The maximum absolute atomic E-state index is 11.7. The predicted molar refractivity (Wildman–Crippen MR) is 81.8 cm³/mol. The van der Waals surface area contributed by atoms with E-state index in [0.29, 0.717) is 0 Å². The molecule has 0 atom stereocenters. The third-order valence-corrected chi connectivity index (χ3v) is 3.01. The monoisotopic (exact) mass is 282 g/mol. The quantitative estimate of drug-likeness (QED) is 0.915. The zero-order valence-electron chi connectivity index (χ0n) is 12.2. The molecule has 2 rings (SSSR count). The van der Waals surface area contributed by atoms with Crippen LogP contribution in [-0.2, 0) is 16.0 Å². The van der Waals surface area contributed by atoms with Crippen molar-refractivity contribution in [3.63, 3.8) is 0 Å². The van der Waals surface area contributed by atoms with E-state index in [-0.39, 0.29) is 24.7 Å². The first-order valence-corrected chi connectivity index (χ1v) is 6.84. The number of carbonyl (C=O) groups is 2. The van der Waals surface area contributed by atoms with E-state index in [4.69, 9.17) is 0 Å². The lowest BCUT2D eigenvalue weighted by Crippen LogP contribution is -2.29. The zero-order valence-corrected chi connectivity index (χ0v) is 12.2. The minimum atomic E-state index is -0.153. The van der Waals surface area contributed by atoms with Gasteiger partial charge in [-0.05, 0) is 37.6 Å². The summed E-state index contributed by atoms with van der Waals surface area (Å²) in [6.45, 7) is 3.48. The van der Waals surface area contributed by atoms with E-state index < -0.39 is 0 Å². The van der Waals surface area contributed by atoms with Crippen LogP contribution in [-0.4, -0.2) is 23.2 Å². The van der Waals surface area contributed by atoms with Crippen LogP contribution in [0.25, 0.3) is 11.3 Å². The molecule has 0 unspecified atom stereocenters. The molecule has 4 heteroatoms. The number of Topliss-reactive ketones (excluding diaryl/α,β-unsaturated/α-hetero) is 1. The number of amides is 1. The van der Waals surface area contributed by atoms with E-state index in [2.05, 4.69) is 10.3 Å². The van der Waals surface area contributed by atoms with Crippen molar-refractivity contribution in [1.82, 2.24) is 10.3 Å². The van der Waals surface area contributed by atoms with Crippen molar-refractivity contribution < 1.29 is 9.59 Å². The molecule has 0 saturated carbocycles. The summed E-state index contributed by atoms with van der Waals surface area (Å²) in [7, 11) is 0. The topological polar surface area (TPSA) is 59.1 Å². The molecular formula is C17H18N2O2. The fourth-order valence-electron chi connectivity index (χ4n) is 2.02. The van der Waals surface area contributed by atoms with Crippen molar-refractivity contribution >= 4 is 11.7 Å². The standard InChI is InChI=1S/C17H18N2O2/c1-12-5-3-8-16(19-12)15-7-4-6-14(9-15)10-17(21)18-11-13(2)20/h3-9H,10-11H2,1-2H3,(H,18,21). The van der Waals surface area contributed by atoms with Crippen LogP contribution in [0.1, 0.15) is 18.2 Å². The van der Waals surface area contributed by atoms with Gasteiger partial charge in [-0.1, -0.05) is 24.3 Å². The number of nitrogens with one attached hydrogen (secondary N) is 1. The van der Waals surface area contributed by atoms with Crippen molar-refractivity contribution in [2.75, 3.05) is 6.54 Å². The first-order valence-electron chi connectivity index (χ1n) is 6.84. The van der Waals surface area contributed by atoms with E-state index in [9.17, 15) is 9.59 Å². The van der Waals surface area contributed by atoms with E-state index in [0.717, 1.165) is 22.5 Å². The van der Waals surface area contributed by atoms with Crippen LogP contribution >= 0.6 is 0 Å². The molecule has 1 amide bonds. The van der Waals surface area contributed by atoms with Crippen molar-refractivity contribution in [1.29, 1.82) is 0 Å². The highest BCUT2D eigenvalue weighted by atomic mass is 16.2. The van der Waals surface area contributed by atoms with E-state index in [1.807, 2.05) is 49.4 Å².